The zero-order valence-corrected chi connectivity index (χ0v) is 15.2. The molecule has 1 amide bonds. The van der Waals surface area contributed by atoms with Crippen molar-refractivity contribution in [1.82, 2.24) is 15.2 Å². The van der Waals surface area contributed by atoms with Crippen LogP contribution in [0.4, 0.5) is 22.1 Å². The van der Waals surface area contributed by atoms with Crippen LogP contribution in [-0.4, -0.2) is 46.6 Å². The second-order valence-electron chi connectivity index (χ2n) is 6.37. The highest BCUT2D eigenvalue weighted by atomic mass is 16.6. The predicted molar refractivity (Wildman–Crippen MR) is 100 cm³/mol. The maximum atomic E-state index is 11.2. The quantitative estimate of drug-likeness (QED) is 0.606. The fourth-order valence-corrected chi connectivity index (χ4v) is 2.68. The van der Waals surface area contributed by atoms with Crippen LogP contribution < -0.4 is 26.8 Å². The molecule has 6 N–H and O–H groups in total. The summed E-state index contributed by atoms with van der Waals surface area (Å²) in [5.74, 6) is 1.03. The third kappa shape index (κ3) is 4.80. The number of aryl methyl sites for hydroxylation is 2. The number of hydrogen-bond acceptors (Lipinski definition) is 9. The number of nitrogens with zero attached hydrogens (tertiary/aromatic N) is 3. The number of primary amides is 1. The average molecular weight is 373 g/mol. The number of hydrogen-bond donors (Lipinski definition) is 4. The Bertz CT molecular complexity index is 830. The van der Waals surface area contributed by atoms with Gasteiger partial charge in [-0.3, -0.25) is 0 Å². The van der Waals surface area contributed by atoms with Crippen molar-refractivity contribution < 1.29 is 14.3 Å². The van der Waals surface area contributed by atoms with Crippen molar-refractivity contribution >= 4 is 23.4 Å². The standard InChI is InChI=1S/C17H23N7O3/c1-9-3-4-14(20-10(9)2)22-13-7-15(23-24-16(13)27-17(19)25)21-12-5-6-26-8-11(12)18/h3-4,7,11-12H,5-6,8,18H2,1-2H3,(H2,19,25)(H2,20,21,22,23)/t11-,12+/m0/s1. The molecule has 2 aromatic heterocycles. The van der Waals surface area contributed by atoms with Gasteiger partial charge >= 0.3 is 6.09 Å². The summed E-state index contributed by atoms with van der Waals surface area (Å²) in [7, 11) is 0. The third-order valence-corrected chi connectivity index (χ3v) is 4.30. The lowest BCUT2D eigenvalue weighted by Crippen LogP contribution is -2.47. The Balaban J connectivity index is 1.85. The highest BCUT2D eigenvalue weighted by molar-refractivity contribution is 5.73. The molecule has 1 aliphatic rings. The van der Waals surface area contributed by atoms with E-state index in [9.17, 15) is 4.79 Å². The fourth-order valence-electron chi connectivity index (χ4n) is 2.68. The Morgan fingerprint density at radius 2 is 2.11 bits per heavy atom. The van der Waals surface area contributed by atoms with E-state index in [4.69, 9.17) is 20.9 Å². The number of nitrogens with one attached hydrogen (secondary N) is 2. The van der Waals surface area contributed by atoms with E-state index in [0.717, 1.165) is 17.7 Å². The summed E-state index contributed by atoms with van der Waals surface area (Å²) in [4.78, 5) is 15.6. The number of ether oxygens (including phenoxy) is 2. The van der Waals surface area contributed by atoms with Crippen LogP contribution in [0.25, 0.3) is 0 Å². The van der Waals surface area contributed by atoms with Gasteiger partial charge in [0, 0.05) is 30.5 Å². The lowest BCUT2D eigenvalue weighted by molar-refractivity contribution is 0.0751. The molecule has 3 rings (SSSR count). The molecule has 0 spiro atoms. The number of amides is 1. The van der Waals surface area contributed by atoms with Crippen LogP contribution >= 0.6 is 0 Å². The molecule has 1 aliphatic heterocycles. The first kappa shape index (κ1) is 18.8. The summed E-state index contributed by atoms with van der Waals surface area (Å²) in [6, 6.07) is 5.28. The molecule has 0 aromatic carbocycles. The van der Waals surface area contributed by atoms with E-state index in [1.807, 2.05) is 26.0 Å². The summed E-state index contributed by atoms with van der Waals surface area (Å²) in [5, 5.41) is 14.3. The molecule has 10 heteroatoms. The number of anilines is 3. The average Bonchev–Trinajstić information content (AvgIpc) is 2.62. The van der Waals surface area contributed by atoms with Crippen LogP contribution in [0.2, 0.25) is 0 Å². The van der Waals surface area contributed by atoms with Crippen LogP contribution in [0.5, 0.6) is 5.88 Å². The van der Waals surface area contributed by atoms with Gasteiger partial charge in [0.05, 0.1) is 6.61 Å². The molecule has 2 aromatic rings. The molecule has 0 saturated carbocycles. The molecule has 27 heavy (non-hydrogen) atoms. The van der Waals surface area contributed by atoms with Crippen molar-refractivity contribution in [3.8, 4) is 5.88 Å². The second-order valence-corrected chi connectivity index (χ2v) is 6.37. The van der Waals surface area contributed by atoms with Gasteiger partial charge in [-0.25, -0.2) is 9.78 Å². The van der Waals surface area contributed by atoms with Gasteiger partial charge in [0.25, 0.3) is 5.88 Å². The van der Waals surface area contributed by atoms with E-state index in [1.54, 1.807) is 6.07 Å². The van der Waals surface area contributed by atoms with Crippen molar-refractivity contribution in [3.63, 3.8) is 0 Å². The smallest absolute Gasteiger partial charge is 0.387 e. The van der Waals surface area contributed by atoms with Crippen molar-refractivity contribution in [3.05, 3.63) is 29.5 Å². The molecule has 0 radical (unpaired) electrons. The number of nitrogens with two attached hydrogens (primary N) is 2. The minimum atomic E-state index is -0.979. The molecule has 2 atom stereocenters. The van der Waals surface area contributed by atoms with Gasteiger partial charge in [-0.15, -0.1) is 10.2 Å². The van der Waals surface area contributed by atoms with Gasteiger partial charge < -0.3 is 31.6 Å². The largest absolute Gasteiger partial charge is 0.411 e. The van der Waals surface area contributed by atoms with E-state index in [0.29, 0.717) is 30.5 Å². The highest BCUT2D eigenvalue weighted by Crippen LogP contribution is 2.27. The summed E-state index contributed by atoms with van der Waals surface area (Å²) in [6.07, 6.45) is -0.225. The summed E-state index contributed by atoms with van der Waals surface area (Å²) in [5.41, 5.74) is 13.5. The van der Waals surface area contributed by atoms with Crippen LogP contribution in [0.15, 0.2) is 18.2 Å². The maximum absolute atomic E-state index is 11.2. The van der Waals surface area contributed by atoms with Crippen LogP contribution in [-0.2, 0) is 4.74 Å². The Hall–Kier alpha value is -2.98. The van der Waals surface area contributed by atoms with Gasteiger partial charge in [-0.1, -0.05) is 6.07 Å². The van der Waals surface area contributed by atoms with Crippen molar-refractivity contribution in [1.29, 1.82) is 0 Å². The zero-order valence-electron chi connectivity index (χ0n) is 15.2. The van der Waals surface area contributed by atoms with E-state index in [1.165, 1.54) is 0 Å². The number of carbonyl (C=O) groups excluding carboxylic acids is 1. The lowest BCUT2D eigenvalue weighted by Gasteiger charge is -2.29. The van der Waals surface area contributed by atoms with Crippen molar-refractivity contribution in [2.45, 2.75) is 32.4 Å². The Morgan fingerprint density at radius 1 is 1.30 bits per heavy atom. The lowest BCUT2D eigenvalue weighted by atomic mass is 10.0. The third-order valence-electron chi connectivity index (χ3n) is 4.30. The minimum Gasteiger partial charge on any atom is -0.387 e. The summed E-state index contributed by atoms with van der Waals surface area (Å²) >= 11 is 0. The molecular weight excluding hydrogens is 350 g/mol. The molecule has 10 nitrogen and oxygen atoms in total. The first-order chi connectivity index (χ1) is 12.9. The van der Waals surface area contributed by atoms with E-state index in [-0.39, 0.29) is 18.0 Å². The normalized spacial score (nSPS) is 19.4. The number of pyridine rings is 1. The van der Waals surface area contributed by atoms with Gasteiger partial charge in [0.1, 0.15) is 11.5 Å². The summed E-state index contributed by atoms with van der Waals surface area (Å²) in [6.45, 7) is 4.98. The SMILES string of the molecule is Cc1ccc(Nc2cc(N[C@@H]3CCOC[C@@H]3N)nnc2OC(N)=O)nc1C. The van der Waals surface area contributed by atoms with Crippen LogP contribution in [0.1, 0.15) is 17.7 Å². The minimum absolute atomic E-state index is 0.00329. The van der Waals surface area contributed by atoms with Crippen molar-refractivity contribution in [2.75, 3.05) is 23.8 Å². The Kier molecular flexibility index (Phi) is 5.67. The molecular formula is C17H23N7O3. The second kappa shape index (κ2) is 8.14. The van der Waals surface area contributed by atoms with Crippen molar-refractivity contribution in [2.24, 2.45) is 11.5 Å². The maximum Gasteiger partial charge on any atom is 0.411 e. The van der Waals surface area contributed by atoms with Gasteiger partial charge in [-0.05, 0) is 31.9 Å². The first-order valence-corrected chi connectivity index (χ1v) is 8.58. The predicted octanol–water partition coefficient (Wildman–Crippen LogP) is 1.22. The number of carbonyl (C=O) groups is 1. The van der Waals surface area contributed by atoms with Crippen LogP contribution in [0.3, 0.4) is 0 Å². The fraction of sp³-hybridized carbons (Fsp3) is 0.412. The van der Waals surface area contributed by atoms with Gasteiger partial charge in [0.15, 0.2) is 5.82 Å². The van der Waals surface area contributed by atoms with Crippen LogP contribution in [0, 0.1) is 13.8 Å². The van der Waals surface area contributed by atoms with E-state index < -0.39 is 6.09 Å². The molecule has 0 unspecified atom stereocenters. The topological polar surface area (TPSA) is 150 Å². The summed E-state index contributed by atoms with van der Waals surface area (Å²) < 4.78 is 10.3. The van der Waals surface area contributed by atoms with Gasteiger partial charge in [-0.2, -0.15) is 0 Å². The Morgan fingerprint density at radius 3 is 2.81 bits per heavy atom. The number of rotatable bonds is 5. The Labute approximate surface area is 156 Å². The first-order valence-electron chi connectivity index (χ1n) is 8.58. The molecule has 144 valence electrons. The molecule has 0 bridgehead atoms. The van der Waals surface area contributed by atoms with E-state index in [2.05, 4.69) is 25.8 Å². The molecule has 1 fully saturated rings. The van der Waals surface area contributed by atoms with Gasteiger partial charge in [0.2, 0.25) is 0 Å². The monoisotopic (exact) mass is 373 g/mol. The number of aromatic nitrogens is 3. The molecule has 1 saturated heterocycles. The molecule has 0 aliphatic carbocycles. The zero-order chi connectivity index (χ0) is 19.4. The highest BCUT2D eigenvalue weighted by Gasteiger charge is 2.23. The molecule has 3 heterocycles. The van der Waals surface area contributed by atoms with E-state index >= 15 is 0 Å².